The summed E-state index contributed by atoms with van der Waals surface area (Å²) in [6.45, 7) is 1.18. The van der Waals surface area contributed by atoms with Crippen LogP contribution in [-0.2, 0) is 16.1 Å². The number of aromatic nitrogens is 1. The predicted molar refractivity (Wildman–Crippen MR) is 94.9 cm³/mol. The fourth-order valence-electron chi connectivity index (χ4n) is 3.03. The molecule has 8 heteroatoms. The molecule has 0 saturated carbocycles. The van der Waals surface area contributed by atoms with Gasteiger partial charge in [-0.05, 0) is 24.5 Å². The van der Waals surface area contributed by atoms with Gasteiger partial charge in [-0.15, -0.1) is 0 Å². The van der Waals surface area contributed by atoms with E-state index >= 15 is 0 Å². The molecule has 1 fully saturated rings. The Morgan fingerprint density at radius 3 is 2.74 bits per heavy atom. The molecule has 1 unspecified atom stereocenters. The molecule has 1 aromatic carbocycles. The largest absolute Gasteiger partial charge is 0.384 e. The topological polar surface area (TPSA) is 125 Å². The van der Waals surface area contributed by atoms with Gasteiger partial charge < -0.3 is 20.2 Å². The van der Waals surface area contributed by atoms with Gasteiger partial charge in [-0.3, -0.25) is 4.79 Å². The van der Waals surface area contributed by atoms with Gasteiger partial charge in [0.1, 0.15) is 34.9 Å². The van der Waals surface area contributed by atoms with Gasteiger partial charge in [-0.25, -0.2) is 4.39 Å². The number of halogens is 1. The highest BCUT2D eigenvalue weighted by Gasteiger charge is 2.20. The smallest absolute Gasteiger partial charge is 0.268 e. The van der Waals surface area contributed by atoms with Gasteiger partial charge in [0.05, 0.1) is 19.3 Å². The number of aromatic amines is 1. The third kappa shape index (κ3) is 3.82. The molecule has 0 aliphatic carbocycles. The van der Waals surface area contributed by atoms with Crippen LogP contribution in [0.1, 0.15) is 29.5 Å². The van der Waals surface area contributed by atoms with Crippen LogP contribution < -0.4 is 11.3 Å². The Hall–Kier alpha value is -3.20. The van der Waals surface area contributed by atoms with Crippen molar-refractivity contribution in [3.8, 4) is 23.3 Å². The summed E-state index contributed by atoms with van der Waals surface area (Å²) >= 11 is 0. The lowest BCUT2D eigenvalue weighted by atomic mass is 9.95. The first-order chi connectivity index (χ1) is 13.0. The van der Waals surface area contributed by atoms with Gasteiger partial charge >= 0.3 is 0 Å². The molecule has 1 saturated heterocycles. The van der Waals surface area contributed by atoms with Crippen molar-refractivity contribution in [3.63, 3.8) is 0 Å². The van der Waals surface area contributed by atoms with E-state index in [1.165, 1.54) is 18.2 Å². The highest BCUT2D eigenvalue weighted by Crippen LogP contribution is 2.29. The number of nitriles is 2. The van der Waals surface area contributed by atoms with Crippen LogP contribution in [0, 0.1) is 28.5 Å². The highest BCUT2D eigenvalue weighted by atomic mass is 19.1. The summed E-state index contributed by atoms with van der Waals surface area (Å²) in [7, 11) is 0. The SMILES string of the molecule is N#Cc1c(N)[nH]c(=O)c(C#N)c1-c1ccc(COCC2CCCO2)c(F)c1. The van der Waals surface area contributed by atoms with Gasteiger partial charge in [0.25, 0.3) is 5.56 Å². The van der Waals surface area contributed by atoms with E-state index in [-0.39, 0.29) is 40.8 Å². The molecule has 7 nitrogen and oxygen atoms in total. The summed E-state index contributed by atoms with van der Waals surface area (Å²) in [6.07, 6.45) is 1.97. The molecule has 0 spiro atoms. The maximum Gasteiger partial charge on any atom is 0.268 e. The summed E-state index contributed by atoms with van der Waals surface area (Å²) < 4.78 is 25.5. The summed E-state index contributed by atoms with van der Waals surface area (Å²) in [5.74, 6) is -0.729. The number of pyridine rings is 1. The fourth-order valence-corrected chi connectivity index (χ4v) is 3.03. The first kappa shape index (κ1) is 18.6. The molecule has 1 atom stereocenters. The van der Waals surface area contributed by atoms with Crippen molar-refractivity contribution < 1.29 is 13.9 Å². The Bertz CT molecular complexity index is 998. The lowest BCUT2D eigenvalue weighted by Crippen LogP contribution is -2.16. The molecule has 2 aromatic rings. The van der Waals surface area contributed by atoms with Crippen LogP contribution in [-0.4, -0.2) is 24.3 Å². The van der Waals surface area contributed by atoms with Crippen molar-refractivity contribution in [3.05, 3.63) is 51.1 Å². The van der Waals surface area contributed by atoms with Crippen LogP contribution in [0.4, 0.5) is 10.2 Å². The van der Waals surface area contributed by atoms with E-state index in [0.29, 0.717) is 12.2 Å². The quantitative estimate of drug-likeness (QED) is 0.833. The number of hydrogen-bond donors (Lipinski definition) is 2. The molecular weight excluding hydrogens is 351 g/mol. The Balaban J connectivity index is 1.89. The van der Waals surface area contributed by atoms with Crippen molar-refractivity contribution in [1.29, 1.82) is 10.5 Å². The number of hydrogen-bond acceptors (Lipinski definition) is 6. The fraction of sp³-hybridized carbons (Fsp3) is 0.316. The lowest BCUT2D eigenvalue weighted by Gasteiger charge is -2.12. The maximum absolute atomic E-state index is 14.5. The van der Waals surface area contributed by atoms with Crippen molar-refractivity contribution >= 4 is 5.82 Å². The Morgan fingerprint density at radius 2 is 2.11 bits per heavy atom. The molecule has 1 aliphatic heterocycles. The zero-order chi connectivity index (χ0) is 19.4. The van der Waals surface area contributed by atoms with Crippen LogP contribution in [0.25, 0.3) is 11.1 Å². The number of anilines is 1. The molecule has 3 rings (SSSR count). The van der Waals surface area contributed by atoms with Crippen molar-refractivity contribution in [1.82, 2.24) is 4.98 Å². The zero-order valence-corrected chi connectivity index (χ0v) is 14.4. The molecule has 1 aromatic heterocycles. The molecular formula is C19H17FN4O3. The Morgan fingerprint density at radius 1 is 1.33 bits per heavy atom. The van der Waals surface area contributed by atoms with Crippen molar-refractivity contribution in [2.24, 2.45) is 0 Å². The number of nitrogens with two attached hydrogens (primary N) is 1. The van der Waals surface area contributed by atoms with Crippen LogP contribution in [0.2, 0.25) is 0 Å². The minimum atomic E-state index is -0.728. The van der Waals surface area contributed by atoms with E-state index in [9.17, 15) is 19.7 Å². The standard InChI is InChI=1S/C19H17FN4O3/c20-16-6-11(3-4-12(16)9-26-10-13-2-1-5-27-13)17-14(7-21)18(23)24-19(25)15(17)8-22/h3-4,6,13H,1-2,5,9-10H2,(H3,23,24,25). The van der Waals surface area contributed by atoms with Crippen LogP contribution >= 0.6 is 0 Å². The number of rotatable bonds is 5. The summed E-state index contributed by atoms with van der Waals surface area (Å²) in [4.78, 5) is 14.2. The molecule has 2 heterocycles. The highest BCUT2D eigenvalue weighted by molar-refractivity contribution is 5.80. The first-order valence-electron chi connectivity index (χ1n) is 8.39. The normalized spacial score (nSPS) is 16.0. The number of nitrogens with one attached hydrogen (secondary N) is 1. The Labute approximate surface area is 154 Å². The number of ether oxygens (including phenoxy) is 2. The second kappa shape index (κ2) is 8.00. The second-order valence-electron chi connectivity index (χ2n) is 6.17. The third-order valence-electron chi connectivity index (χ3n) is 4.40. The monoisotopic (exact) mass is 368 g/mol. The summed E-state index contributed by atoms with van der Waals surface area (Å²) in [6, 6.07) is 7.81. The average Bonchev–Trinajstić information content (AvgIpc) is 3.16. The number of nitrogens with zero attached hydrogens (tertiary/aromatic N) is 2. The second-order valence-corrected chi connectivity index (χ2v) is 6.17. The molecule has 138 valence electrons. The minimum absolute atomic E-state index is 0.0203. The van der Waals surface area contributed by atoms with E-state index < -0.39 is 11.4 Å². The van der Waals surface area contributed by atoms with Gasteiger partial charge in [0.2, 0.25) is 0 Å². The Kier molecular flexibility index (Phi) is 5.51. The molecule has 3 N–H and O–H groups in total. The van der Waals surface area contributed by atoms with E-state index in [0.717, 1.165) is 19.4 Å². The van der Waals surface area contributed by atoms with E-state index in [1.54, 1.807) is 6.07 Å². The van der Waals surface area contributed by atoms with Crippen molar-refractivity contribution in [2.45, 2.75) is 25.6 Å². The minimum Gasteiger partial charge on any atom is -0.384 e. The van der Waals surface area contributed by atoms with Crippen LogP contribution in [0.3, 0.4) is 0 Å². The van der Waals surface area contributed by atoms with Gasteiger partial charge in [-0.2, -0.15) is 10.5 Å². The van der Waals surface area contributed by atoms with Crippen LogP contribution in [0.15, 0.2) is 23.0 Å². The summed E-state index contributed by atoms with van der Waals surface area (Å²) in [5.41, 5.74) is 5.15. The molecule has 1 aliphatic rings. The van der Waals surface area contributed by atoms with E-state index in [1.807, 2.05) is 6.07 Å². The van der Waals surface area contributed by atoms with E-state index in [4.69, 9.17) is 15.2 Å². The number of H-pyrrole nitrogens is 1. The molecule has 0 radical (unpaired) electrons. The number of benzene rings is 1. The lowest BCUT2D eigenvalue weighted by molar-refractivity contribution is 0.00983. The van der Waals surface area contributed by atoms with Gasteiger partial charge in [0.15, 0.2) is 0 Å². The average molecular weight is 368 g/mol. The van der Waals surface area contributed by atoms with Crippen molar-refractivity contribution in [2.75, 3.05) is 18.9 Å². The first-order valence-corrected chi connectivity index (χ1v) is 8.39. The maximum atomic E-state index is 14.5. The van der Waals surface area contributed by atoms with Crippen LogP contribution in [0.5, 0.6) is 0 Å². The van der Waals surface area contributed by atoms with E-state index in [2.05, 4.69) is 4.98 Å². The molecule has 0 amide bonds. The zero-order valence-electron chi connectivity index (χ0n) is 14.4. The predicted octanol–water partition coefficient (Wildman–Crippen LogP) is 2.20. The number of nitrogen functional groups attached to an aromatic ring is 1. The third-order valence-corrected chi connectivity index (χ3v) is 4.40. The molecule has 27 heavy (non-hydrogen) atoms. The summed E-state index contributed by atoms with van der Waals surface area (Å²) in [5, 5.41) is 18.6. The van der Waals surface area contributed by atoms with Gasteiger partial charge in [0, 0.05) is 17.7 Å². The molecule has 0 bridgehead atoms. The van der Waals surface area contributed by atoms with Gasteiger partial charge in [-0.1, -0.05) is 12.1 Å².